The van der Waals surface area contributed by atoms with Crippen molar-refractivity contribution in [3.05, 3.63) is 34.5 Å². The lowest BCUT2D eigenvalue weighted by molar-refractivity contribution is 0.838. The molecule has 106 valence electrons. The summed E-state index contributed by atoms with van der Waals surface area (Å²) in [6, 6.07) is 1.97. The Morgan fingerprint density at radius 1 is 1.35 bits per heavy atom. The van der Waals surface area contributed by atoms with Crippen molar-refractivity contribution in [2.45, 2.75) is 39.2 Å². The molecule has 4 N–H and O–H groups in total. The zero-order valence-electron chi connectivity index (χ0n) is 11.7. The minimum atomic E-state index is 0.600. The second-order valence-electron chi connectivity index (χ2n) is 5.16. The molecule has 0 aromatic carbocycles. The summed E-state index contributed by atoms with van der Waals surface area (Å²) in [7, 11) is 0. The van der Waals surface area contributed by atoms with E-state index in [1.165, 1.54) is 17.7 Å². The summed E-state index contributed by atoms with van der Waals surface area (Å²) in [5.41, 5.74) is 10.3. The average molecular weight is 272 g/mol. The van der Waals surface area contributed by atoms with Gasteiger partial charge in [-0.1, -0.05) is 0 Å². The van der Waals surface area contributed by atoms with Crippen LogP contribution in [0.4, 0.5) is 5.82 Å². The topological polar surface area (TPSA) is 92.5 Å². The first kappa shape index (κ1) is 13.1. The van der Waals surface area contributed by atoms with Gasteiger partial charge < -0.3 is 11.1 Å². The number of aryl methyl sites for hydroxylation is 2. The number of nitrogens with two attached hydrogens (primary N) is 1. The molecule has 2 aromatic rings. The maximum absolute atomic E-state index is 5.58. The summed E-state index contributed by atoms with van der Waals surface area (Å²) in [4.78, 5) is 8.78. The van der Waals surface area contributed by atoms with E-state index in [4.69, 9.17) is 5.73 Å². The van der Waals surface area contributed by atoms with Gasteiger partial charge in [0.1, 0.15) is 11.6 Å². The smallest absolute Gasteiger partial charge is 0.130 e. The Morgan fingerprint density at radius 2 is 2.25 bits per heavy atom. The molecule has 0 atom stereocenters. The fourth-order valence-electron chi connectivity index (χ4n) is 2.70. The molecule has 0 saturated carbocycles. The summed E-state index contributed by atoms with van der Waals surface area (Å²) >= 11 is 0. The van der Waals surface area contributed by atoms with Crippen molar-refractivity contribution in [2.75, 3.05) is 11.9 Å². The molecular weight excluding hydrogens is 252 g/mol. The van der Waals surface area contributed by atoms with Crippen LogP contribution in [-0.4, -0.2) is 26.7 Å². The molecule has 6 nitrogen and oxygen atoms in total. The Bertz CT molecular complexity index is 604. The van der Waals surface area contributed by atoms with E-state index in [1.54, 1.807) is 0 Å². The number of aromatic amines is 1. The van der Waals surface area contributed by atoms with Gasteiger partial charge in [0.25, 0.3) is 0 Å². The van der Waals surface area contributed by atoms with Crippen LogP contribution in [0.3, 0.4) is 0 Å². The highest BCUT2D eigenvalue weighted by molar-refractivity contribution is 5.38. The molecule has 0 radical (unpaired) electrons. The third kappa shape index (κ3) is 2.65. The van der Waals surface area contributed by atoms with E-state index in [0.717, 1.165) is 42.3 Å². The van der Waals surface area contributed by atoms with Crippen molar-refractivity contribution < 1.29 is 0 Å². The number of hydrogen-bond donors (Lipinski definition) is 3. The fourth-order valence-corrected chi connectivity index (χ4v) is 2.70. The number of anilines is 1. The lowest BCUT2D eigenvalue weighted by atomic mass is 10.2. The highest BCUT2D eigenvalue weighted by Gasteiger charge is 2.18. The number of aromatic nitrogens is 4. The molecule has 0 saturated heterocycles. The quantitative estimate of drug-likeness (QED) is 0.758. The molecule has 1 aliphatic rings. The van der Waals surface area contributed by atoms with Gasteiger partial charge in [-0.15, -0.1) is 0 Å². The molecule has 20 heavy (non-hydrogen) atoms. The van der Waals surface area contributed by atoms with E-state index in [2.05, 4.69) is 25.5 Å². The first-order chi connectivity index (χ1) is 9.76. The number of nitrogens with one attached hydrogen (secondary N) is 2. The first-order valence-corrected chi connectivity index (χ1v) is 7.10. The van der Waals surface area contributed by atoms with E-state index in [1.807, 2.05) is 13.0 Å². The van der Waals surface area contributed by atoms with Gasteiger partial charge in [-0.3, -0.25) is 5.10 Å². The van der Waals surface area contributed by atoms with Crippen LogP contribution in [0, 0.1) is 6.92 Å². The zero-order chi connectivity index (χ0) is 13.9. The molecule has 0 fully saturated rings. The van der Waals surface area contributed by atoms with Crippen molar-refractivity contribution in [3.63, 3.8) is 0 Å². The SMILES string of the molecule is Cc1nc(CCN)cc(NCc2n[nH]c3c2CCC3)n1. The minimum Gasteiger partial charge on any atom is -0.364 e. The first-order valence-electron chi connectivity index (χ1n) is 7.10. The Hall–Kier alpha value is -1.95. The van der Waals surface area contributed by atoms with Crippen molar-refractivity contribution in [2.24, 2.45) is 5.73 Å². The molecule has 0 spiro atoms. The molecule has 0 unspecified atom stereocenters. The summed E-state index contributed by atoms with van der Waals surface area (Å²) in [6.45, 7) is 3.20. The van der Waals surface area contributed by atoms with Gasteiger partial charge in [0.05, 0.1) is 12.2 Å². The second kappa shape index (κ2) is 5.58. The van der Waals surface area contributed by atoms with Crippen molar-refractivity contribution in [1.29, 1.82) is 0 Å². The normalized spacial score (nSPS) is 13.5. The van der Waals surface area contributed by atoms with Gasteiger partial charge in [-0.05, 0) is 38.3 Å². The van der Waals surface area contributed by atoms with Gasteiger partial charge in [0, 0.05) is 23.9 Å². The molecule has 0 aliphatic heterocycles. The number of hydrogen-bond acceptors (Lipinski definition) is 5. The summed E-state index contributed by atoms with van der Waals surface area (Å²) in [6.07, 6.45) is 4.25. The molecule has 0 bridgehead atoms. The highest BCUT2D eigenvalue weighted by Crippen LogP contribution is 2.23. The summed E-state index contributed by atoms with van der Waals surface area (Å²) in [5, 5.41) is 10.9. The predicted molar refractivity (Wildman–Crippen MR) is 77.5 cm³/mol. The Morgan fingerprint density at radius 3 is 3.10 bits per heavy atom. The molecule has 3 rings (SSSR count). The maximum Gasteiger partial charge on any atom is 0.130 e. The van der Waals surface area contributed by atoms with Crippen LogP contribution in [0.1, 0.15) is 34.9 Å². The van der Waals surface area contributed by atoms with Crippen LogP contribution in [-0.2, 0) is 25.8 Å². The van der Waals surface area contributed by atoms with Crippen LogP contribution in [0.15, 0.2) is 6.07 Å². The van der Waals surface area contributed by atoms with Gasteiger partial charge in [0.2, 0.25) is 0 Å². The second-order valence-corrected chi connectivity index (χ2v) is 5.16. The molecular formula is C14H20N6. The molecule has 2 aromatic heterocycles. The highest BCUT2D eigenvalue weighted by atomic mass is 15.1. The number of rotatable bonds is 5. The Kier molecular flexibility index (Phi) is 3.64. The van der Waals surface area contributed by atoms with E-state index in [0.29, 0.717) is 13.1 Å². The van der Waals surface area contributed by atoms with Crippen LogP contribution in [0.25, 0.3) is 0 Å². The maximum atomic E-state index is 5.58. The number of fused-ring (bicyclic) bond motifs is 1. The van der Waals surface area contributed by atoms with Crippen LogP contribution in [0.2, 0.25) is 0 Å². The van der Waals surface area contributed by atoms with E-state index in [-0.39, 0.29) is 0 Å². The summed E-state index contributed by atoms with van der Waals surface area (Å²) in [5.74, 6) is 1.61. The largest absolute Gasteiger partial charge is 0.364 e. The Balaban J connectivity index is 1.71. The Labute approximate surface area is 118 Å². The zero-order valence-corrected chi connectivity index (χ0v) is 11.7. The molecule has 6 heteroatoms. The van der Waals surface area contributed by atoms with Crippen LogP contribution >= 0.6 is 0 Å². The van der Waals surface area contributed by atoms with Gasteiger partial charge in [0.15, 0.2) is 0 Å². The number of nitrogens with zero attached hydrogens (tertiary/aromatic N) is 3. The van der Waals surface area contributed by atoms with Gasteiger partial charge >= 0.3 is 0 Å². The third-order valence-electron chi connectivity index (χ3n) is 3.62. The summed E-state index contributed by atoms with van der Waals surface area (Å²) < 4.78 is 0. The van der Waals surface area contributed by atoms with Gasteiger partial charge in [-0.25, -0.2) is 9.97 Å². The van der Waals surface area contributed by atoms with E-state index < -0.39 is 0 Å². The third-order valence-corrected chi connectivity index (χ3v) is 3.62. The van der Waals surface area contributed by atoms with Crippen LogP contribution in [0.5, 0.6) is 0 Å². The van der Waals surface area contributed by atoms with Crippen molar-refractivity contribution >= 4 is 5.82 Å². The lowest BCUT2D eigenvalue weighted by Gasteiger charge is -2.07. The van der Waals surface area contributed by atoms with Crippen molar-refractivity contribution in [1.82, 2.24) is 20.2 Å². The van der Waals surface area contributed by atoms with E-state index >= 15 is 0 Å². The minimum absolute atomic E-state index is 0.600. The molecule has 1 aliphatic carbocycles. The lowest BCUT2D eigenvalue weighted by Crippen LogP contribution is -2.09. The average Bonchev–Trinajstić information content (AvgIpc) is 2.99. The monoisotopic (exact) mass is 272 g/mol. The van der Waals surface area contributed by atoms with E-state index in [9.17, 15) is 0 Å². The molecule has 0 amide bonds. The van der Waals surface area contributed by atoms with Gasteiger partial charge in [-0.2, -0.15) is 5.10 Å². The number of H-pyrrole nitrogens is 1. The van der Waals surface area contributed by atoms with Crippen LogP contribution < -0.4 is 11.1 Å². The molecule has 2 heterocycles. The fraction of sp³-hybridized carbons (Fsp3) is 0.500. The van der Waals surface area contributed by atoms with Crippen molar-refractivity contribution in [3.8, 4) is 0 Å². The predicted octanol–water partition coefficient (Wildman–Crippen LogP) is 1.11. The standard InChI is InChI=1S/C14H20N6/c1-9-17-10(5-6-15)7-14(18-9)16-8-13-11-3-2-4-12(11)19-20-13/h7H,2-6,8,15H2,1H3,(H,19,20)(H,16,17,18).